The first-order valence-corrected chi connectivity index (χ1v) is 5.05. The fourth-order valence-electron chi connectivity index (χ4n) is 1.08. The van der Waals surface area contributed by atoms with Crippen molar-refractivity contribution < 1.29 is 4.74 Å². The Morgan fingerprint density at radius 3 is 2.87 bits per heavy atom. The van der Waals surface area contributed by atoms with E-state index in [4.69, 9.17) is 28.6 Å². The Balaban J connectivity index is 2.05. The molecule has 0 aliphatic carbocycles. The number of hydrogen-bond acceptors (Lipinski definition) is 3. The van der Waals surface area contributed by atoms with Gasteiger partial charge in [0.2, 0.25) is 0 Å². The van der Waals surface area contributed by atoms with Crippen LogP contribution in [0.5, 0.6) is 5.75 Å². The molecule has 0 aliphatic heterocycles. The average Bonchev–Trinajstić information content (AvgIpc) is 2.63. The van der Waals surface area contributed by atoms with Crippen molar-refractivity contribution in [3.8, 4) is 5.75 Å². The summed E-state index contributed by atoms with van der Waals surface area (Å²) in [5.74, 6) is 1.27. The third kappa shape index (κ3) is 2.57. The molecule has 6 heteroatoms. The summed E-state index contributed by atoms with van der Waals surface area (Å²) < 4.78 is 5.92. The largest absolute Gasteiger partial charge is 0.484 e. The van der Waals surface area contributed by atoms with Gasteiger partial charge in [0.15, 0.2) is 10.6 Å². The number of aromatic amines is 2. The molecule has 0 amide bonds. The average molecular weight is 242 g/mol. The van der Waals surface area contributed by atoms with Gasteiger partial charge in [0.05, 0.1) is 5.02 Å². The number of ether oxygens (including phenoxy) is 1. The van der Waals surface area contributed by atoms with Gasteiger partial charge in [-0.3, -0.25) is 5.10 Å². The Bertz CT molecular complexity index is 508. The second-order valence-electron chi connectivity index (χ2n) is 2.84. The van der Waals surface area contributed by atoms with E-state index in [0.29, 0.717) is 28.0 Å². The van der Waals surface area contributed by atoms with E-state index in [-0.39, 0.29) is 0 Å². The third-order valence-electron chi connectivity index (χ3n) is 1.75. The molecule has 4 nitrogen and oxygen atoms in total. The van der Waals surface area contributed by atoms with E-state index in [1.165, 1.54) is 0 Å². The van der Waals surface area contributed by atoms with Crippen LogP contribution in [0, 0.1) is 4.77 Å². The van der Waals surface area contributed by atoms with E-state index in [1.807, 2.05) is 12.1 Å². The first-order valence-electron chi connectivity index (χ1n) is 4.26. The Labute approximate surface area is 96.2 Å². The molecule has 0 unspecified atom stereocenters. The number of benzene rings is 1. The molecule has 1 heterocycles. The highest BCUT2D eigenvalue weighted by molar-refractivity contribution is 7.71. The highest BCUT2D eigenvalue weighted by atomic mass is 35.5. The van der Waals surface area contributed by atoms with Gasteiger partial charge in [-0.1, -0.05) is 23.7 Å². The highest BCUT2D eigenvalue weighted by Crippen LogP contribution is 2.23. The van der Waals surface area contributed by atoms with Crippen LogP contribution in [0.25, 0.3) is 0 Å². The standard InChI is InChI=1S/C9H8ClN3OS/c10-6-3-1-2-4-7(6)14-5-8-11-9(15)13-12-8/h1-4H,5H2,(H2,11,12,13,15). The van der Waals surface area contributed by atoms with Crippen LogP contribution >= 0.6 is 23.8 Å². The maximum atomic E-state index is 5.91. The van der Waals surface area contributed by atoms with Gasteiger partial charge in [-0.2, -0.15) is 5.10 Å². The maximum absolute atomic E-state index is 5.91. The molecule has 1 aromatic heterocycles. The molecular weight excluding hydrogens is 234 g/mol. The summed E-state index contributed by atoms with van der Waals surface area (Å²) in [7, 11) is 0. The Morgan fingerprint density at radius 1 is 1.40 bits per heavy atom. The van der Waals surface area contributed by atoms with Gasteiger partial charge in [0.25, 0.3) is 0 Å². The second kappa shape index (κ2) is 4.46. The summed E-state index contributed by atoms with van der Waals surface area (Å²) in [4.78, 5) is 2.85. The van der Waals surface area contributed by atoms with E-state index in [1.54, 1.807) is 12.1 Å². The number of nitrogens with zero attached hydrogens (tertiary/aromatic N) is 1. The van der Waals surface area contributed by atoms with Crippen LogP contribution in [-0.4, -0.2) is 15.2 Å². The smallest absolute Gasteiger partial charge is 0.192 e. The molecule has 0 bridgehead atoms. The molecule has 0 saturated carbocycles. The second-order valence-corrected chi connectivity index (χ2v) is 3.66. The van der Waals surface area contributed by atoms with Crippen LogP contribution in [0.2, 0.25) is 5.02 Å². The van der Waals surface area contributed by atoms with Crippen LogP contribution in [-0.2, 0) is 6.61 Å². The van der Waals surface area contributed by atoms with Crippen LogP contribution < -0.4 is 4.74 Å². The summed E-state index contributed by atoms with van der Waals surface area (Å²) in [6, 6.07) is 7.26. The minimum absolute atomic E-state index is 0.302. The van der Waals surface area contributed by atoms with Crippen LogP contribution in [0.4, 0.5) is 0 Å². The molecule has 2 N–H and O–H groups in total. The van der Waals surface area contributed by atoms with Crippen molar-refractivity contribution in [1.82, 2.24) is 15.2 Å². The third-order valence-corrected chi connectivity index (χ3v) is 2.26. The highest BCUT2D eigenvalue weighted by Gasteiger charge is 2.01. The summed E-state index contributed by atoms with van der Waals surface area (Å²) in [5, 5.41) is 7.10. The molecule has 0 saturated heterocycles. The van der Waals surface area contributed by atoms with Crippen molar-refractivity contribution in [2.24, 2.45) is 0 Å². The lowest BCUT2D eigenvalue weighted by Gasteiger charge is -2.04. The molecule has 2 aromatic rings. The van der Waals surface area contributed by atoms with Crippen molar-refractivity contribution >= 4 is 23.8 Å². The molecule has 1 aromatic carbocycles. The number of para-hydroxylation sites is 1. The fraction of sp³-hybridized carbons (Fsp3) is 0.111. The molecule has 0 aliphatic rings. The number of rotatable bonds is 3. The normalized spacial score (nSPS) is 10.2. The van der Waals surface area contributed by atoms with Gasteiger partial charge >= 0.3 is 0 Å². The van der Waals surface area contributed by atoms with Crippen molar-refractivity contribution in [3.05, 3.63) is 39.9 Å². The van der Waals surface area contributed by atoms with Crippen LogP contribution in [0.1, 0.15) is 5.82 Å². The van der Waals surface area contributed by atoms with E-state index in [2.05, 4.69) is 15.2 Å². The molecule has 15 heavy (non-hydrogen) atoms. The predicted molar refractivity (Wildman–Crippen MR) is 59.6 cm³/mol. The van der Waals surface area contributed by atoms with Crippen molar-refractivity contribution in [3.63, 3.8) is 0 Å². The fourth-order valence-corrected chi connectivity index (χ4v) is 1.44. The van der Waals surface area contributed by atoms with E-state index in [9.17, 15) is 0 Å². The summed E-state index contributed by atoms with van der Waals surface area (Å²) in [6.07, 6.45) is 0. The number of aromatic nitrogens is 3. The summed E-state index contributed by atoms with van der Waals surface area (Å²) >= 11 is 10.7. The lowest BCUT2D eigenvalue weighted by atomic mass is 10.3. The van der Waals surface area contributed by atoms with Crippen LogP contribution in [0.3, 0.4) is 0 Å². The van der Waals surface area contributed by atoms with E-state index in [0.717, 1.165) is 0 Å². The molecule has 2 rings (SSSR count). The van der Waals surface area contributed by atoms with E-state index < -0.39 is 0 Å². The topological polar surface area (TPSA) is 53.7 Å². The van der Waals surface area contributed by atoms with Gasteiger partial charge < -0.3 is 9.72 Å². The first-order chi connectivity index (χ1) is 7.25. The number of hydrogen-bond donors (Lipinski definition) is 2. The van der Waals surface area contributed by atoms with Crippen LogP contribution in [0.15, 0.2) is 24.3 Å². The number of halogens is 1. The Morgan fingerprint density at radius 2 is 2.20 bits per heavy atom. The van der Waals surface area contributed by atoms with Gasteiger partial charge in [0, 0.05) is 0 Å². The zero-order chi connectivity index (χ0) is 10.7. The summed E-state index contributed by atoms with van der Waals surface area (Å²) in [6.45, 7) is 0.302. The lowest BCUT2D eigenvalue weighted by molar-refractivity contribution is 0.296. The van der Waals surface area contributed by atoms with Gasteiger partial charge in [-0.05, 0) is 24.4 Å². The molecular formula is C9H8ClN3OS. The zero-order valence-electron chi connectivity index (χ0n) is 7.66. The number of H-pyrrole nitrogens is 2. The monoisotopic (exact) mass is 241 g/mol. The Hall–Kier alpha value is -1.33. The first kappa shape index (κ1) is 10.2. The Kier molecular flexibility index (Phi) is 3.03. The van der Waals surface area contributed by atoms with Gasteiger partial charge in [0.1, 0.15) is 12.4 Å². The van der Waals surface area contributed by atoms with Gasteiger partial charge in [-0.25, -0.2) is 0 Å². The van der Waals surface area contributed by atoms with Crippen molar-refractivity contribution in [1.29, 1.82) is 0 Å². The minimum Gasteiger partial charge on any atom is -0.484 e. The van der Waals surface area contributed by atoms with E-state index >= 15 is 0 Å². The molecule has 0 atom stereocenters. The minimum atomic E-state index is 0.302. The van der Waals surface area contributed by atoms with Crippen molar-refractivity contribution in [2.75, 3.05) is 0 Å². The molecule has 0 radical (unpaired) electrons. The molecule has 0 spiro atoms. The lowest BCUT2D eigenvalue weighted by Crippen LogP contribution is -1.97. The van der Waals surface area contributed by atoms with Crippen molar-refractivity contribution in [2.45, 2.75) is 6.61 Å². The maximum Gasteiger partial charge on any atom is 0.192 e. The predicted octanol–water partition coefficient (Wildman–Crippen LogP) is 2.70. The quantitative estimate of drug-likeness (QED) is 0.813. The number of nitrogens with one attached hydrogen (secondary N) is 2. The molecule has 0 fully saturated rings. The SMILES string of the molecule is S=c1[nH]nc(COc2ccccc2Cl)[nH]1. The molecule has 78 valence electrons. The summed E-state index contributed by atoms with van der Waals surface area (Å²) in [5.41, 5.74) is 0. The van der Waals surface area contributed by atoms with Gasteiger partial charge in [-0.15, -0.1) is 0 Å². The zero-order valence-corrected chi connectivity index (χ0v) is 9.23.